The maximum atomic E-state index is 11.7. The number of carbonyl (C=O) groups excluding carboxylic acids is 1. The summed E-state index contributed by atoms with van der Waals surface area (Å²) in [5.41, 5.74) is 3.02. The molecular formula is C20H29ClIN5O. The molecule has 0 aliphatic heterocycles. The second-order valence-corrected chi connectivity index (χ2v) is 7.29. The average molecular weight is 518 g/mol. The summed E-state index contributed by atoms with van der Waals surface area (Å²) in [5.74, 6) is 0.775. The van der Waals surface area contributed by atoms with Gasteiger partial charge in [0, 0.05) is 51.2 Å². The van der Waals surface area contributed by atoms with E-state index >= 15 is 0 Å². The number of aliphatic imine (C=N–C) groups is 1. The molecule has 1 aromatic carbocycles. The van der Waals surface area contributed by atoms with Crippen LogP contribution >= 0.6 is 35.6 Å². The van der Waals surface area contributed by atoms with Crippen LogP contribution in [0.3, 0.4) is 0 Å². The molecule has 0 bridgehead atoms. The number of hydrogen-bond acceptors (Lipinski definition) is 2. The summed E-state index contributed by atoms with van der Waals surface area (Å²) in [4.78, 5) is 18.1. The zero-order valence-corrected chi connectivity index (χ0v) is 20.1. The van der Waals surface area contributed by atoms with Gasteiger partial charge in [-0.25, -0.2) is 0 Å². The van der Waals surface area contributed by atoms with Crippen LogP contribution in [0.4, 0.5) is 5.69 Å². The molecule has 0 spiro atoms. The molecule has 1 aromatic heterocycles. The third-order valence-electron chi connectivity index (χ3n) is 4.24. The van der Waals surface area contributed by atoms with Gasteiger partial charge in [-0.3, -0.25) is 9.79 Å². The van der Waals surface area contributed by atoms with Crippen LogP contribution in [0.15, 0.2) is 41.5 Å². The molecule has 2 rings (SSSR count). The van der Waals surface area contributed by atoms with E-state index < -0.39 is 0 Å². The van der Waals surface area contributed by atoms with E-state index in [1.807, 2.05) is 73.9 Å². The number of anilines is 1. The van der Waals surface area contributed by atoms with Gasteiger partial charge in [-0.05, 0) is 23.8 Å². The molecule has 0 unspecified atom stereocenters. The SMILES string of the molecule is CN=C(NCc1ccc(NC(=O)C(C)C)cc1)N(C)Cc1cc(Cl)cn1C.I. The Morgan fingerprint density at radius 1 is 1.29 bits per heavy atom. The van der Waals surface area contributed by atoms with Gasteiger partial charge < -0.3 is 20.1 Å². The molecule has 0 fully saturated rings. The van der Waals surface area contributed by atoms with Crippen molar-refractivity contribution in [1.82, 2.24) is 14.8 Å². The second kappa shape index (κ2) is 11.3. The van der Waals surface area contributed by atoms with Gasteiger partial charge in [-0.15, -0.1) is 24.0 Å². The smallest absolute Gasteiger partial charge is 0.226 e. The van der Waals surface area contributed by atoms with E-state index in [-0.39, 0.29) is 35.8 Å². The summed E-state index contributed by atoms with van der Waals surface area (Å²) >= 11 is 6.05. The molecular weight excluding hydrogens is 489 g/mol. The molecule has 154 valence electrons. The predicted molar refractivity (Wildman–Crippen MR) is 127 cm³/mol. The van der Waals surface area contributed by atoms with Gasteiger partial charge in [0.25, 0.3) is 0 Å². The molecule has 8 heteroatoms. The molecule has 0 saturated carbocycles. The molecule has 6 nitrogen and oxygen atoms in total. The first-order chi connectivity index (χ1) is 12.8. The third kappa shape index (κ3) is 7.01. The van der Waals surface area contributed by atoms with E-state index in [9.17, 15) is 4.79 Å². The zero-order chi connectivity index (χ0) is 20.0. The van der Waals surface area contributed by atoms with Crippen molar-refractivity contribution in [3.8, 4) is 0 Å². The minimum atomic E-state index is -0.0377. The molecule has 2 aromatic rings. The number of benzene rings is 1. The maximum Gasteiger partial charge on any atom is 0.226 e. The molecule has 28 heavy (non-hydrogen) atoms. The fraction of sp³-hybridized carbons (Fsp3) is 0.400. The van der Waals surface area contributed by atoms with Crippen LogP contribution in [0.1, 0.15) is 25.1 Å². The van der Waals surface area contributed by atoms with Crippen molar-refractivity contribution >= 4 is 53.1 Å². The summed E-state index contributed by atoms with van der Waals surface area (Å²) in [6.07, 6.45) is 1.89. The van der Waals surface area contributed by atoms with Crippen LogP contribution in [-0.2, 0) is 24.9 Å². The summed E-state index contributed by atoms with van der Waals surface area (Å²) in [6, 6.07) is 9.77. The number of aryl methyl sites for hydroxylation is 1. The highest BCUT2D eigenvalue weighted by Gasteiger charge is 2.10. The second-order valence-electron chi connectivity index (χ2n) is 6.86. The Hall–Kier alpha value is -1.74. The standard InChI is InChI=1S/C20H28ClN5O.HI/c1-14(2)19(27)24-17-8-6-15(7-9-17)11-23-20(22-3)26(5)13-18-10-16(21)12-25(18)4;/h6-10,12,14H,11,13H2,1-5H3,(H,22,23)(H,24,27);1H. The topological polar surface area (TPSA) is 61.7 Å². The number of carbonyl (C=O) groups is 1. The van der Waals surface area contributed by atoms with E-state index in [1.54, 1.807) is 7.05 Å². The van der Waals surface area contributed by atoms with Crippen LogP contribution in [-0.4, -0.2) is 35.4 Å². The fourth-order valence-electron chi connectivity index (χ4n) is 2.60. The lowest BCUT2D eigenvalue weighted by Gasteiger charge is -2.22. The van der Waals surface area contributed by atoms with Crippen LogP contribution in [0.5, 0.6) is 0 Å². The summed E-state index contributed by atoms with van der Waals surface area (Å²) in [5, 5.41) is 6.98. The van der Waals surface area contributed by atoms with Crippen molar-refractivity contribution in [2.75, 3.05) is 19.4 Å². The average Bonchev–Trinajstić information content (AvgIpc) is 2.93. The predicted octanol–water partition coefficient (Wildman–Crippen LogP) is 4.10. The number of nitrogens with zero attached hydrogens (tertiary/aromatic N) is 3. The Balaban J connectivity index is 0.00000392. The summed E-state index contributed by atoms with van der Waals surface area (Å²) < 4.78 is 2.01. The van der Waals surface area contributed by atoms with Crippen molar-refractivity contribution in [2.45, 2.75) is 26.9 Å². The Morgan fingerprint density at radius 3 is 2.43 bits per heavy atom. The Labute approximate surface area is 189 Å². The highest BCUT2D eigenvalue weighted by molar-refractivity contribution is 14.0. The monoisotopic (exact) mass is 517 g/mol. The van der Waals surface area contributed by atoms with E-state index in [1.165, 1.54) is 0 Å². The van der Waals surface area contributed by atoms with Gasteiger partial charge in [0.05, 0.1) is 11.6 Å². The summed E-state index contributed by atoms with van der Waals surface area (Å²) in [6.45, 7) is 5.09. The molecule has 0 radical (unpaired) electrons. The molecule has 0 aliphatic carbocycles. The fourth-order valence-corrected chi connectivity index (χ4v) is 2.87. The third-order valence-corrected chi connectivity index (χ3v) is 4.45. The number of guanidine groups is 1. The van der Waals surface area contributed by atoms with E-state index in [2.05, 4.69) is 15.6 Å². The van der Waals surface area contributed by atoms with Gasteiger partial charge in [0.2, 0.25) is 5.91 Å². The minimum Gasteiger partial charge on any atom is -0.352 e. The first kappa shape index (κ1) is 24.3. The van der Waals surface area contributed by atoms with Crippen LogP contribution in [0.25, 0.3) is 0 Å². The van der Waals surface area contributed by atoms with Crippen LogP contribution in [0.2, 0.25) is 5.02 Å². The highest BCUT2D eigenvalue weighted by atomic mass is 127. The van der Waals surface area contributed by atoms with Crippen molar-refractivity contribution in [3.05, 3.63) is 52.8 Å². The Morgan fingerprint density at radius 2 is 1.93 bits per heavy atom. The normalized spacial score (nSPS) is 11.2. The first-order valence-electron chi connectivity index (χ1n) is 8.92. The van der Waals surface area contributed by atoms with Gasteiger partial charge >= 0.3 is 0 Å². The van der Waals surface area contributed by atoms with Gasteiger partial charge in [-0.1, -0.05) is 37.6 Å². The van der Waals surface area contributed by atoms with E-state index in [4.69, 9.17) is 11.6 Å². The zero-order valence-electron chi connectivity index (χ0n) is 17.0. The van der Waals surface area contributed by atoms with Crippen LogP contribution in [0, 0.1) is 5.92 Å². The lowest BCUT2D eigenvalue weighted by molar-refractivity contribution is -0.118. The molecule has 1 amide bonds. The lowest BCUT2D eigenvalue weighted by atomic mass is 10.1. The Kier molecular flexibility index (Phi) is 9.81. The van der Waals surface area contributed by atoms with E-state index in [0.29, 0.717) is 13.1 Å². The number of halogens is 2. The van der Waals surface area contributed by atoms with Crippen LogP contribution < -0.4 is 10.6 Å². The minimum absolute atomic E-state index is 0. The van der Waals surface area contributed by atoms with Crippen molar-refractivity contribution in [1.29, 1.82) is 0 Å². The molecule has 0 aliphatic rings. The number of amides is 1. The Bertz CT molecular complexity index is 801. The molecule has 0 atom stereocenters. The van der Waals surface area contributed by atoms with Crippen molar-refractivity contribution < 1.29 is 4.79 Å². The maximum absolute atomic E-state index is 11.7. The quantitative estimate of drug-likeness (QED) is 0.345. The molecule has 1 heterocycles. The number of rotatable bonds is 6. The molecule has 0 saturated heterocycles. The van der Waals surface area contributed by atoms with Crippen molar-refractivity contribution in [3.63, 3.8) is 0 Å². The van der Waals surface area contributed by atoms with Gasteiger partial charge in [0.15, 0.2) is 5.96 Å². The van der Waals surface area contributed by atoms with E-state index in [0.717, 1.165) is 27.9 Å². The highest BCUT2D eigenvalue weighted by Crippen LogP contribution is 2.14. The number of hydrogen-bond donors (Lipinski definition) is 2. The lowest BCUT2D eigenvalue weighted by Crippen LogP contribution is -2.38. The number of aromatic nitrogens is 1. The first-order valence-corrected chi connectivity index (χ1v) is 9.30. The van der Waals surface area contributed by atoms with Crippen molar-refractivity contribution in [2.24, 2.45) is 18.0 Å². The van der Waals surface area contributed by atoms with Gasteiger partial charge in [-0.2, -0.15) is 0 Å². The summed E-state index contributed by atoms with van der Waals surface area (Å²) in [7, 11) is 5.73. The largest absolute Gasteiger partial charge is 0.352 e. The van der Waals surface area contributed by atoms with Gasteiger partial charge in [0.1, 0.15) is 0 Å². The number of nitrogens with one attached hydrogen (secondary N) is 2. The molecule has 2 N–H and O–H groups in total.